The van der Waals surface area contributed by atoms with Gasteiger partial charge in [0.25, 0.3) is 0 Å². The zero-order valence-electron chi connectivity index (χ0n) is 8.55. The van der Waals surface area contributed by atoms with Gasteiger partial charge in [0.1, 0.15) is 5.78 Å². The van der Waals surface area contributed by atoms with Crippen molar-refractivity contribution >= 4 is 5.78 Å². The van der Waals surface area contributed by atoms with Crippen LogP contribution in [0.25, 0.3) is 0 Å². The van der Waals surface area contributed by atoms with E-state index in [1.807, 2.05) is 6.92 Å². The van der Waals surface area contributed by atoms with Crippen LogP contribution in [0.2, 0.25) is 0 Å². The first kappa shape index (κ1) is 10.7. The molecule has 0 aromatic heterocycles. The predicted molar refractivity (Wildman–Crippen MR) is 51.6 cm³/mol. The van der Waals surface area contributed by atoms with Crippen molar-refractivity contribution in [3.8, 4) is 0 Å². The Morgan fingerprint density at radius 2 is 2.31 bits per heavy atom. The minimum Gasteiger partial charge on any atom is -0.389 e. The average molecular weight is 185 g/mol. The Morgan fingerprint density at radius 3 is 2.77 bits per heavy atom. The van der Waals surface area contributed by atoms with E-state index in [1.54, 1.807) is 6.92 Å². The second-order valence-electron chi connectivity index (χ2n) is 4.33. The first-order chi connectivity index (χ1) is 5.99. The van der Waals surface area contributed by atoms with E-state index in [9.17, 15) is 9.90 Å². The number of hydrogen-bond donors (Lipinski definition) is 1. The van der Waals surface area contributed by atoms with Crippen molar-refractivity contribution in [2.45, 2.75) is 38.7 Å². The molecule has 1 heterocycles. The summed E-state index contributed by atoms with van der Waals surface area (Å²) in [4.78, 5) is 12.9. The number of Topliss-reactive ketones (excluding diaryl/α,β-unsaturated/α-hetero) is 1. The van der Waals surface area contributed by atoms with Crippen molar-refractivity contribution in [3.05, 3.63) is 0 Å². The van der Waals surface area contributed by atoms with Gasteiger partial charge in [-0.2, -0.15) is 0 Å². The summed E-state index contributed by atoms with van der Waals surface area (Å²) < 4.78 is 0. The predicted octanol–water partition coefficient (Wildman–Crippen LogP) is 0.812. The molecule has 1 N–H and O–H groups in total. The third-order valence-electron chi connectivity index (χ3n) is 2.53. The van der Waals surface area contributed by atoms with Crippen LogP contribution in [-0.4, -0.2) is 41.0 Å². The van der Waals surface area contributed by atoms with E-state index in [0.717, 1.165) is 32.5 Å². The quantitative estimate of drug-likeness (QED) is 0.704. The lowest BCUT2D eigenvalue weighted by atomic mass is 10.1. The minimum absolute atomic E-state index is 0.256. The monoisotopic (exact) mass is 185 g/mol. The van der Waals surface area contributed by atoms with Crippen molar-refractivity contribution in [1.82, 2.24) is 4.90 Å². The number of rotatable bonds is 4. The molecule has 1 unspecified atom stereocenters. The number of hydrogen-bond acceptors (Lipinski definition) is 3. The highest BCUT2D eigenvalue weighted by Crippen LogP contribution is 2.20. The lowest BCUT2D eigenvalue weighted by molar-refractivity contribution is -0.117. The molecule has 0 spiro atoms. The topological polar surface area (TPSA) is 40.5 Å². The Labute approximate surface area is 79.7 Å². The van der Waals surface area contributed by atoms with Crippen LogP contribution in [0.3, 0.4) is 0 Å². The Bertz CT molecular complexity index is 189. The standard InChI is InChI=1S/C10H19NO2/c1-9(12)4-3-6-11-7-5-10(2,13)8-11/h13H,3-8H2,1-2H3. The van der Waals surface area contributed by atoms with Gasteiger partial charge in [-0.05, 0) is 33.2 Å². The van der Waals surface area contributed by atoms with Crippen molar-refractivity contribution < 1.29 is 9.90 Å². The van der Waals surface area contributed by atoms with Gasteiger partial charge in [0.15, 0.2) is 0 Å². The van der Waals surface area contributed by atoms with E-state index >= 15 is 0 Å². The summed E-state index contributed by atoms with van der Waals surface area (Å²) in [5.41, 5.74) is -0.504. The Balaban J connectivity index is 2.14. The fraction of sp³-hybridized carbons (Fsp3) is 0.900. The molecule has 0 aliphatic carbocycles. The molecule has 0 aromatic rings. The molecule has 13 heavy (non-hydrogen) atoms. The van der Waals surface area contributed by atoms with E-state index in [0.29, 0.717) is 6.42 Å². The van der Waals surface area contributed by atoms with Crippen LogP contribution in [0, 0.1) is 0 Å². The smallest absolute Gasteiger partial charge is 0.129 e. The molecule has 1 fully saturated rings. The van der Waals surface area contributed by atoms with Crippen LogP contribution in [0.1, 0.15) is 33.1 Å². The van der Waals surface area contributed by atoms with Gasteiger partial charge >= 0.3 is 0 Å². The molecule has 1 rings (SSSR count). The molecule has 1 aliphatic heterocycles. The Morgan fingerprint density at radius 1 is 1.62 bits per heavy atom. The summed E-state index contributed by atoms with van der Waals surface area (Å²) in [5, 5.41) is 9.66. The number of β-amino-alcohol motifs (C(OH)–C–C–N with tert-alkyl or cyclic N) is 1. The molecule has 0 aromatic carbocycles. The van der Waals surface area contributed by atoms with Crippen molar-refractivity contribution in [1.29, 1.82) is 0 Å². The summed E-state index contributed by atoms with van der Waals surface area (Å²) >= 11 is 0. The Kier molecular flexibility index (Phi) is 3.45. The Hall–Kier alpha value is -0.410. The SMILES string of the molecule is CC(=O)CCCN1CCC(C)(O)C1. The van der Waals surface area contributed by atoms with Crippen LogP contribution >= 0.6 is 0 Å². The van der Waals surface area contributed by atoms with Crippen LogP contribution in [0.5, 0.6) is 0 Å². The molecule has 76 valence electrons. The van der Waals surface area contributed by atoms with Gasteiger partial charge in [0, 0.05) is 19.5 Å². The third kappa shape index (κ3) is 3.87. The van der Waals surface area contributed by atoms with Crippen LogP contribution in [0.4, 0.5) is 0 Å². The van der Waals surface area contributed by atoms with Gasteiger partial charge in [-0.1, -0.05) is 0 Å². The maximum absolute atomic E-state index is 10.7. The van der Waals surface area contributed by atoms with Gasteiger partial charge in [0.2, 0.25) is 0 Å². The first-order valence-electron chi connectivity index (χ1n) is 4.94. The average Bonchev–Trinajstić information content (AvgIpc) is 2.29. The molecular weight excluding hydrogens is 166 g/mol. The normalized spacial score (nSPS) is 29.5. The number of ketones is 1. The van der Waals surface area contributed by atoms with E-state index in [-0.39, 0.29) is 5.78 Å². The summed E-state index contributed by atoms with van der Waals surface area (Å²) in [7, 11) is 0. The third-order valence-corrected chi connectivity index (χ3v) is 2.53. The maximum Gasteiger partial charge on any atom is 0.129 e. The molecule has 0 radical (unpaired) electrons. The van der Waals surface area contributed by atoms with Crippen LogP contribution < -0.4 is 0 Å². The van der Waals surface area contributed by atoms with Gasteiger partial charge in [-0.3, -0.25) is 0 Å². The molecule has 0 saturated carbocycles. The fourth-order valence-electron chi connectivity index (χ4n) is 1.78. The number of aliphatic hydroxyl groups is 1. The maximum atomic E-state index is 10.7. The van der Waals surface area contributed by atoms with Gasteiger partial charge in [0.05, 0.1) is 5.60 Å². The fourth-order valence-corrected chi connectivity index (χ4v) is 1.78. The van der Waals surface area contributed by atoms with Crippen molar-refractivity contribution in [3.63, 3.8) is 0 Å². The van der Waals surface area contributed by atoms with Crippen LogP contribution in [0.15, 0.2) is 0 Å². The molecule has 0 bridgehead atoms. The summed E-state index contributed by atoms with van der Waals surface area (Å²) in [6, 6.07) is 0. The molecule has 1 aliphatic rings. The molecule has 3 nitrogen and oxygen atoms in total. The van der Waals surface area contributed by atoms with Crippen LogP contribution in [-0.2, 0) is 4.79 Å². The highest BCUT2D eigenvalue weighted by molar-refractivity contribution is 5.75. The highest BCUT2D eigenvalue weighted by Gasteiger charge is 2.30. The molecular formula is C10H19NO2. The lowest BCUT2D eigenvalue weighted by Crippen LogP contribution is -2.30. The number of carbonyl (C=O) groups is 1. The highest BCUT2D eigenvalue weighted by atomic mass is 16.3. The van der Waals surface area contributed by atoms with Gasteiger partial charge < -0.3 is 14.8 Å². The van der Waals surface area contributed by atoms with Gasteiger partial charge in [-0.25, -0.2) is 0 Å². The molecule has 1 atom stereocenters. The second kappa shape index (κ2) is 4.20. The van der Waals surface area contributed by atoms with Crippen molar-refractivity contribution in [2.24, 2.45) is 0 Å². The minimum atomic E-state index is -0.504. The number of nitrogens with zero attached hydrogens (tertiary/aromatic N) is 1. The molecule has 0 amide bonds. The zero-order valence-corrected chi connectivity index (χ0v) is 8.55. The van der Waals surface area contributed by atoms with E-state index in [4.69, 9.17) is 0 Å². The second-order valence-corrected chi connectivity index (χ2v) is 4.33. The van der Waals surface area contributed by atoms with Crippen molar-refractivity contribution in [2.75, 3.05) is 19.6 Å². The number of carbonyl (C=O) groups excluding carboxylic acids is 1. The molecule has 1 saturated heterocycles. The first-order valence-corrected chi connectivity index (χ1v) is 4.94. The van der Waals surface area contributed by atoms with E-state index in [2.05, 4.69) is 4.90 Å². The summed E-state index contributed by atoms with van der Waals surface area (Å²) in [6.45, 7) is 6.16. The van der Waals surface area contributed by atoms with E-state index < -0.39 is 5.60 Å². The largest absolute Gasteiger partial charge is 0.389 e. The lowest BCUT2D eigenvalue weighted by Gasteiger charge is -2.18. The van der Waals surface area contributed by atoms with E-state index in [1.165, 1.54) is 0 Å². The number of likely N-dealkylation sites (tertiary alicyclic amines) is 1. The summed E-state index contributed by atoms with van der Waals surface area (Å²) in [5.74, 6) is 0.256. The van der Waals surface area contributed by atoms with Gasteiger partial charge in [-0.15, -0.1) is 0 Å². The molecule has 3 heteroatoms. The zero-order chi connectivity index (χ0) is 9.90. The summed E-state index contributed by atoms with van der Waals surface area (Å²) in [6.07, 6.45) is 2.44.